The molecule has 166 valence electrons. The van der Waals surface area contributed by atoms with Crippen molar-refractivity contribution in [3.63, 3.8) is 0 Å². The number of benzene rings is 1. The second-order valence-electron chi connectivity index (χ2n) is 8.87. The lowest BCUT2D eigenvalue weighted by molar-refractivity contribution is 0.143. The summed E-state index contributed by atoms with van der Waals surface area (Å²) in [6.07, 6.45) is 13.2. The largest absolute Gasteiger partial charge is 0.394 e. The number of fused-ring (bicyclic) bond motifs is 1. The lowest BCUT2D eigenvalue weighted by Crippen LogP contribution is -2.49. The molecule has 2 N–H and O–H groups in total. The number of nitrogens with one attached hydrogen (secondary N) is 1. The van der Waals surface area contributed by atoms with E-state index in [1.807, 2.05) is 12.1 Å². The van der Waals surface area contributed by atoms with Crippen LogP contribution in [0.4, 0.5) is 11.8 Å². The van der Waals surface area contributed by atoms with Gasteiger partial charge in [-0.2, -0.15) is 4.98 Å². The van der Waals surface area contributed by atoms with Gasteiger partial charge in [0.15, 0.2) is 0 Å². The molecule has 1 fully saturated rings. The molecule has 0 amide bonds. The average Bonchev–Trinajstić information content (AvgIpc) is 2.81. The van der Waals surface area contributed by atoms with E-state index in [2.05, 4.69) is 34.3 Å². The van der Waals surface area contributed by atoms with Crippen LogP contribution in [-0.2, 0) is 17.2 Å². The van der Waals surface area contributed by atoms with Crippen molar-refractivity contribution in [2.24, 2.45) is 0 Å². The molecule has 3 aliphatic rings. The van der Waals surface area contributed by atoms with Crippen molar-refractivity contribution in [2.75, 3.05) is 35.7 Å². The molecule has 1 saturated carbocycles. The van der Waals surface area contributed by atoms with E-state index in [1.165, 1.54) is 11.1 Å². The monoisotopic (exact) mass is 448 g/mol. The smallest absolute Gasteiger partial charge is 0.227 e. The van der Waals surface area contributed by atoms with Crippen molar-refractivity contribution in [1.82, 2.24) is 9.97 Å². The summed E-state index contributed by atoms with van der Waals surface area (Å²) in [5.41, 5.74) is 3.92. The molecule has 0 bridgehead atoms. The summed E-state index contributed by atoms with van der Waals surface area (Å²) in [6.45, 7) is 1.59. The molecule has 0 radical (unpaired) electrons. The number of aliphatic hydroxyl groups excluding tert-OH is 1. The predicted molar refractivity (Wildman–Crippen MR) is 128 cm³/mol. The molecule has 1 aromatic heterocycles. The highest BCUT2D eigenvalue weighted by Gasteiger charge is 2.38. The minimum Gasteiger partial charge on any atom is -0.394 e. The average molecular weight is 449 g/mol. The third-order valence-corrected chi connectivity index (χ3v) is 8.35. The van der Waals surface area contributed by atoms with Gasteiger partial charge in [0.25, 0.3) is 0 Å². The normalized spacial score (nSPS) is 21.7. The molecule has 3 heterocycles. The van der Waals surface area contributed by atoms with Crippen LogP contribution in [0, 0.1) is 12.3 Å². The molecule has 2 aromatic rings. The molecule has 1 atom stereocenters. The van der Waals surface area contributed by atoms with Gasteiger partial charge in [0.2, 0.25) is 5.95 Å². The van der Waals surface area contributed by atoms with Gasteiger partial charge in [-0.25, -0.2) is 4.98 Å². The Morgan fingerprint density at radius 3 is 2.62 bits per heavy atom. The van der Waals surface area contributed by atoms with E-state index in [0.29, 0.717) is 17.5 Å². The van der Waals surface area contributed by atoms with Crippen molar-refractivity contribution < 1.29 is 9.32 Å². The van der Waals surface area contributed by atoms with Crippen molar-refractivity contribution in [3.05, 3.63) is 47.2 Å². The zero-order chi connectivity index (χ0) is 22.1. The van der Waals surface area contributed by atoms with Crippen LogP contribution in [0.3, 0.4) is 0 Å². The maximum atomic E-state index is 12.8. The van der Waals surface area contributed by atoms with Crippen LogP contribution in [0.25, 0.3) is 5.57 Å². The molecular formula is C25H28N4O2S. The maximum Gasteiger partial charge on any atom is 0.227 e. The van der Waals surface area contributed by atoms with Gasteiger partial charge >= 0.3 is 0 Å². The number of hydrogen-bond donors (Lipinski definition) is 2. The van der Waals surface area contributed by atoms with Gasteiger partial charge in [-0.3, -0.25) is 4.21 Å². The van der Waals surface area contributed by atoms with E-state index in [9.17, 15) is 9.32 Å². The summed E-state index contributed by atoms with van der Waals surface area (Å²) in [6, 6.07) is 8.11. The van der Waals surface area contributed by atoms with E-state index in [-0.39, 0.29) is 12.1 Å². The maximum absolute atomic E-state index is 12.8. The topological polar surface area (TPSA) is 78.3 Å². The van der Waals surface area contributed by atoms with Crippen LogP contribution in [-0.4, -0.2) is 50.3 Å². The number of aryl methyl sites for hydroxylation is 1. The van der Waals surface area contributed by atoms with Crippen molar-refractivity contribution in [1.29, 1.82) is 0 Å². The van der Waals surface area contributed by atoms with Gasteiger partial charge in [0, 0.05) is 24.4 Å². The fraction of sp³-hybridized carbons (Fsp3) is 0.440. The highest BCUT2D eigenvalue weighted by molar-refractivity contribution is 7.85. The van der Waals surface area contributed by atoms with E-state index in [0.717, 1.165) is 67.8 Å². The molecule has 32 heavy (non-hydrogen) atoms. The molecule has 0 spiro atoms. The Balaban J connectivity index is 1.42. The fourth-order valence-electron chi connectivity index (χ4n) is 4.66. The van der Waals surface area contributed by atoms with Gasteiger partial charge in [0.1, 0.15) is 10.7 Å². The molecule has 6 nitrogen and oxygen atoms in total. The van der Waals surface area contributed by atoms with Crippen LogP contribution in [0.5, 0.6) is 0 Å². The Kier molecular flexibility index (Phi) is 5.75. The molecule has 5 rings (SSSR count). The summed E-state index contributed by atoms with van der Waals surface area (Å²) >= 11 is 0. The summed E-state index contributed by atoms with van der Waals surface area (Å²) in [5.74, 6) is 4.63. The van der Waals surface area contributed by atoms with Crippen molar-refractivity contribution in [3.8, 4) is 12.3 Å². The van der Waals surface area contributed by atoms with Crippen LogP contribution >= 0.6 is 0 Å². The first-order valence-corrected chi connectivity index (χ1v) is 12.6. The Hall–Kier alpha value is -2.69. The number of aromatic nitrogens is 2. The zero-order valence-electron chi connectivity index (χ0n) is 18.1. The summed E-state index contributed by atoms with van der Waals surface area (Å²) in [4.78, 5) is 12.6. The van der Waals surface area contributed by atoms with Gasteiger partial charge in [-0.1, -0.05) is 24.1 Å². The zero-order valence-corrected chi connectivity index (χ0v) is 19.0. The van der Waals surface area contributed by atoms with E-state index in [1.54, 1.807) is 0 Å². The molecule has 2 aliphatic heterocycles. The second kappa shape index (κ2) is 8.68. The summed E-state index contributed by atoms with van der Waals surface area (Å²) in [5, 5.41) is 13.4. The fourth-order valence-corrected chi connectivity index (χ4v) is 6.00. The van der Waals surface area contributed by atoms with Crippen molar-refractivity contribution >= 4 is 28.1 Å². The SMILES string of the molecule is C#Cc1ccc(C2=CCN(c3nc4c(c(NC5(CO)CCC5)n3)[S@](=O)CCC4)CC2)cc1. The van der Waals surface area contributed by atoms with E-state index in [4.69, 9.17) is 16.4 Å². The van der Waals surface area contributed by atoms with Gasteiger partial charge < -0.3 is 15.3 Å². The second-order valence-corrected chi connectivity index (χ2v) is 10.4. The number of anilines is 2. The molecule has 0 saturated heterocycles. The minimum absolute atomic E-state index is 0.0576. The quantitative estimate of drug-likeness (QED) is 0.685. The van der Waals surface area contributed by atoms with E-state index < -0.39 is 10.8 Å². The highest BCUT2D eigenvalue weighted by Crippen LogP contribution is 2.38. The number of terminal acetylenes is 1. The standard InChI is InChI=1S/C25H28N4O2S/c1-2-18-6-8-19(9-7-18)20-10-14-29(15-11-20)24-26-21-5-3-16-32(31)22(21)23(27-24)28-25(17-30)12-4-13-25/h1,6-10,30H,3-5,11-17H2,(H,26,27,28)/t32-/m1/s1. The first-order chi connectivity index (χ1) is 15.6. The Morgan fingerprint density at radius 2 is 2.00 bits per heavy atom. The predicted octanol–water partition coefficient (Wildman–Crippen LogP) is 3.13. The van der Waals surface area contributed by atoms with Gasteiger partial charge in [0.05, 0.1) is 28.6 Å². The molecular weight excluding hydrogens is 420 g/mol. The molecule has 1 aromatic carbocycles. The summed E-state index contributed by atoms with van der Waals surface area (Å²) < 4.78 is 12.8. The van der Waals surface area contributed by atoms with Crippen LogP contribution < -0.4 is 10.2 Å². The Bertz CT molecular complexity index is 1110. The molecule has 0 unspecified atom stereocenters. The van der Waals surface area contributed by atoms with E-state index >= 15 is 0 Å². The first-order valence-electron chi connectivity index (χ1n) is 11.3. The van der Waals surface area contributed by atoms with Crippen LogP contribution in [0.1, 0.15) is 48.9 Å². The number of rotatable bonds is 5. The third-order valence-electron chi connectivity index (χ3n) is 6.81. The van der Waals surface area contributed by atoms with Gasteiger partial charge in [-0.05, 0) is 61.8 Å². The summed E-state index contributed by atoms with van der Waals surface area (Å²) in [7, 11) is -1.10. The lowest BCUT2D eigenvalue weighted by atomic mass is 9.77. The van der Waals surface area contributed by atoms with Crippen molar-refractivity contribution in [2.45, 2.75) is 49.0 Å². The first kappa shape index (κ1) is 21.2. The molecule has 7 heteroatoms. The number of nitrogens with zero attached hydrogens (tertiary/aromatic N) is 3. The third kappa shape index (κ3) is 3.94. The number of aliphatic hydroxyl groups is 1. The Labute approximate surface area is 191 Å². The molecule has 1 aliphatic carbocycles. The highest BCUT2D eigenvalue weighted by atomic mass is 32.2. The minimum atomic E-state index is -1.10. The Morgan fingerprint density at radius 1 is 1.19 bits per heavy atom. The van der Waals surface area contributed by atoms with Crippen LogP contribution in [0.2, 0.25) is 0 Å². The van der Waals surface area contributed by atoms with Gasteiger partial charge in [-0.15, -0.1) is 6.42 Å². The van der Waals surface area contributed by atoms with Crippen LogP contribution in [0.15, 0.2) is 35.2 Å². The number of hydrogen-bond acceptors (Lipinski definition) is 6. The lowest BCUT2D eigenvalue weighted by Gasteiger charge is -2.42.